The van der Waals surface area contributed by atoms with Gasteiger partial charge < -0.3 is 9.05 Å². The molecule has 62 valence electrons. The summed E-state index contributed by atoms with van der Waals surface area (Å²) in [5.74, 6) is 0. The zero-order chi connectivity index (χ0) is 8.04. The summed E-state index contributed by atoms with van der Waals surface area (Å²) < 4.78 is 20.9. The monoisotopic (exact) mass is 166 g/mol. The molecule has 0 fully saturated rings. The third-order valence-electron chi connectivity index (χ3n) is 0.894. The van der Waals surface area contributed by atoms with Crippen LogP contribution in [0.5, 0.6) is 0 Å². The molecule has 0 rings (SSSR count). The molecule has 0 bridgehead atoms. The lowest BCUT2D eigenvalue weighted by Crippen LogP contribution is -1.94. The molecule has 0 aromatic heterocycles. The molecule has 0 aromatic rings. The van der Waals surface area contributed by atoms with Gasteiger partial charge in [0.25, 0.3) is 0 Å². The second-order valence-electron chi connectivity index (χ2n) is 2.02. The van der Waals surface area contributed by atoms with E-state index in [2.05, 4.69) is 0 Å². The summed E-state index contributed by atoms with van der Waals surface area (Å²) in [5.41, 5.74) is 0. The lowest BCUT2D eigenvalue weighted by atomic mass is 10.5. The van der Waals surface area contributed by atoms with Crippen LogP contribution in [-0.2, 0) is 13.6 Å². The van der Waals surface area contributed by atoms with E-state index in [1.165, 1.54) is 6.66 Å². The third-order valence-corrected chi connectivity index (χ3v) is 2.27. The fourth-order valence-corrected chi connectivity index (χ4v) is 1.59. The summed E-state index contributed by atoms with van der Waals surface area (Å²) in [4.78, 5) is 0. The molecule has 0 aliphatic carbocycles. The molecule has 0 aromatic carbocycles. The SMILES string of the molecule is CCCOP(C)(=O)OCC. The molecular formula is C6H15O3P. The Morgan fingerprint density at radius 2 is 1.90 bits per heavy atom. The van der Waals surface area contributed by atoms with Gasteiger partial charge in [0.05, 0.1) is 13.2 Å². The Hall–Kier alpha value is 0.150. The molecule has 4 heteroatoms. The standard InChI is InChI=1S/C6H15O3P/c1-4-6-9-10(3,7)8-5-2/h4-6H2,1-3H3. The Kier molecular flexibility index (Phi) is 4.96. The minimum absolute atomic E-state index is 0.442. The van der Waals surface area contributed by atoms with Gasteiger partial charge in [-0.3, -0.25) is 4.57 Å². The first-order valence-electron chi connectivity index (χ1n) is 3.49. The van der Waals surface area contributed by atoms with Crippen LogP contribution in [0.3, 0.4) is 0 Å². The zero-order valence-electron chi connectivity index (χ0n) is 6.79. The summed E-state index contributed by atoms with van der Waals surface area (Å²) in [6, 6.07) is 0. The Morgan fingerprint density at radius 3 is 2.30 bits per heavy atom. The van der Waals surface area contributed by atoms with Gasteiger partial charge in [0.15, 0.2) is 0 Å². The van der Waals surface area contributed by atoms with E-state index in [0.717, 1.165) is 6.42 Å². The van der Waals surface area contributed by atoms with Crippen molar-refractivity contribution in [2.45, 2.75) is 20.3 Å². The van der Waals surface area contributed by atoms with Crippen LogP contribution < -0.4 is 0 Å². The number of hydrogen-bond donors (Lipinski definition) is 0. The van der Waals surface area contributed by atoms with Crippen LogP contribution >= 0.6 is 7.60 Å². The fourth-order valence-electron chi connectivity index (χ4n) is 0.529. The van der Waals surface area contributed by atoms with Crippen molar-refractivity contribution in [3.8, 4) is 0 Å². The maximum Gasteiger partial charge on any atom is 0.327 e. The Balaban J connectivity index is 3.53. The summed E-state index contributed by atoms with van der Waals surface area (Å²) in [6.07, 6.45) is 0.866. The molecule has 0 spiro atoms. The van der Waals surface area contributed by atoms with Crippen molar-refractivity contribution in [1.82, 2.24) is 0 Å². The Bertz CT molecular complexity index is 124. The van der Waals surface area contributed by atoms with Crippen LogP contribution in [-0.4, -0.2) is 19.9 Å². The van der Waals surface area contributed by atoms with Crippen LogP contribution in [0, 0.1) is 0 Å². The molecule has 1 atom stereocenters. The zero-order valence-corrected chi connectivity index (χ0v) is 7.69. The van der Waals surface area contributed by atoms with Crippen molar-refractivity contribution >= 4 is 7.60 Å². The number of hydrogen-bond acceptors (Lipinski definition) is 3. The molecule has 0 N–H and O–H groups in total. The van der Waals surface area contributed by atoms with Gasteiger partial charge in [-0.1, -0.05) is 6.92 Å². The molecule has 0 aliphatic rings. The molecule has 10 heavy (non-hydrogen) atoms. The van der Waals surface area contributed by atoms with Crippen LogP contribution in [0.4, 0.5) is 0 Å². The predicted octanol–water partition coefficient (Wildman–Crippen LogP) is 2.27. The van der Waals surface area contributed by atoms with E-state index in [4.69, 9.17) is 9.05 Å². The van der Waals surface area contributed by atoms with Crippen molar-refractivity contribution in [2.75, 3.05) is 19.9 Å². The molecule has 0 amide bonds. The minimum Gasteiger partial charge on any atom is -0.309 e. The average molecular weight is 166 g/mol. The van der Waals surface area contributed by atoms with Gasteiger partial charge in [0.1, 0.15) is 0 Å². The van der Waals surface area contributed by atoms with E-state index in [9.17, 15) is 4.57 Å². The molecule has 0 heterocycles. The molecule has 1 unspecified atom stereocenters. The van der Waals surface area contributed by atoms with E-state index >= 15 is 0 Å². The first-order valence-corrected chi connectivity index (χ1v) is 5.48. The normalized spacial score (nSPS) is 16.7. The van der Waals surface area contributed by atoms with Crippen LogP contribution in [0.2, 0.25) is 0 Å². The van der Waals surface area contributed by atoms with Crippen LogP contribution in [0.15, 0.2) is 0 Å². The Morgan fingerprint density at radius 1 is 1.30 bits per heavy atom. The lowest BCUT2D eigenvalue weighted by molar-refractivity contribution is 0.217. The number of rotatable bonds is 5. The molecule has 3 nitrogen and oxygen atoms in total. The van der Waals surface area contributed by atoms with Crippen molar-refractivity contribution in [3.63, 3.8) is 0 Å². The van der Waals surface area contributed by atoms with Gasteiger partial charge in [-0.15, -0.1) is 0 Å². The first-order chi connectivity index (χ1) is 4.62. The molecule has 0 aliphatic heterocycles. The summed E-state index contributed by atoms with van der Waals surface area (Å²) >= 11 is 0. The topological polar surface area (TPSA) is 35.5 Å². The molecule has 0 saturated heterocycles. The first kappa shape index (κ1) is 10.2. The predicted molar refractivity (Wildman–Crippen MR) is 41.4 cm³/mol. The van der Waals surface area contributed by atoms with E-state index in [1.54, 1.807) is 6.92 Å². The third kappa shape index (κ3) is 4.98. The smallest absolute Gasteiger partial charge is 0.309 e. The summed E-state index contributed by atoms with van der Waals surface area (Å²) in [7, 11) is -2.71. The van der Waals surface area contributed by atoms with Gasteiger partial charge in [0, 0.05) is 6.66 Å². The maximum atomic E-state index is 11.1. The summed E-state index contributed by atoms with van der Waals surface area (Å²) in [6.45, 7) is 6.20. The summed E-state index contributed by atoms with van der Waals surface area (Å²) in [5, 5.41) is 0. The highest BCUT2D eigenvalue weighted by atomic mass is 31.2. The van der Waals surface area contributed by atoms with Gasteiger partial charge in [-0.05, 0) is 13.3 Å². The van der Waals surface area contributed by atoms with E-state index < -0.39 is 7.60 Å². The maximum absolute atomic E-state index is 11.1. The highest BCUT2D eigenvalue weighted by Gasteiger charge is 2.13. The van der Waals surface area contributed by atoms with Crippen LogP contribution in [0.1, 0.15) is 20.3 Å². The van der Waals surface area contributed by atoms with Gasteiger partial charge in [-0.25, -0.2) is 0 Å². The van der Waals surface area contributed by atoms with E-state index in [1.807, 2.05) is 6.92 Å². The van der Waals surface area contributed by atoms with Gasteiger partial charge >= 0.3 is 7.60 Å². The second kappa shape index (κ2) is 4.89. The molecule has 0 saturated carbocycles. The van der Waals surface area contributed by atoms with E-state index in [-0.39, 0.29) is 0 Å². The van der Waals surface area contributed by atoms with Crippen LogP contribution in [0.25, 0.3) is 0 Å². The molecule has 0 radical (unpaired) electrons. The van der Waals surface area contributed by atoms with Crippen molar-refractivity contribution in [2.24, 2.45) is 0 Å². The van der Waals surface area contributed by atoms with Gasteiger partial charge in [0.2, 0.25) is 0 Å². The lowest BCUT2D eigenvalue weighted by Gasteiger charge is -2.11. The average Bonchev–Trinajstić information content (AvgIpc) is 1.84. The van der Waals surface area contributed by atoms with E-state index in [0.29, 0.717) is 13.2 Å². The van der Waals surface area contributed by atoms with Gasteiger partial charge in [-0.2, -0.15) is 0 Å². The quantitative estimate of drug-likeness (QED) is 0.587. The minimum atomic E-state index is -2.71. The second-order valence-corrected chi connectivity index (χ2v) is 4.08. The van der Waals surface area contributed by atoms with Crippen molar-refractivity contribution in [3.05, 3.63) is 0 Å². The fraction of sp³-hybridized carbons (Fsp3) is 1.00. The van der Waals surface area contributed by atoms with Crippen molar-refractivity contribution in [1.29, 1.82) is 0 Å². The highest BCUT2D eigenvalue weighted by molar-refractivity contribution is 7.52. The molecular weight excluding hydrogens is 151 g/mol. The largest absolute Gasteiger partial charge is 0.327 e. The highest BCUT2D eigenvalue weighted by Crippen LogP contribution is 2.43. The van der Waals surface area contributed by atoms with Crippen molar-refractivity contribution < 1.29 is 13.6 Å². The Labute approximate surface area is 62.3 Å².